The number of carbonyl (C=O) groups is 1. The number of carbonyl (C=O) groups excluding carboxylic acids is 1. The van der Waals surface area contributed by atoms with Crippen LogP contribution in [0.5, 0.6) is 0 Å². The molecule has 6 heteroatoms. The van der Waals surface area contributed by atoms with Gasteiger partial charge in [-0.25, -0.2) is 4.79 Å². The number of amides is 1. The van der Waals surface area contributed by atoms with E-state index in [2.05, 4.69) is 10.4 Å². The van der Waals surface area contributed by atoms with E-state index >= 15 is 0 Å². The topological polar surface area (TPSA) is 82.2 Å². The summed E-state index contributed by atoms with van der Waals surface area (Å²) in [6, 6.07) is 5.72. The van der Waals surface area contributed by atoms with E-state index in [9.17, 15) is 4.79 Å². The lowest BCUT2D eigenvalue weighted by molar-refractivity contribution is 0.0636. The Balaban J connectivity index is 2.35. The molecule has 0 bridgehead atoms. The van der Waals surface area contributed by atoms with Crippen molar-refractivity contribution < 1.29 is 9.53 Å². The fraction of sp³-hybridized carbons (Fsp3) is 0.412. The van der Waals surface area contributed by atoms with Gasteiger partial charge in [0.15, 0.2) is 0 Å². The summed E-state index contributed by atoms with van der Waals surface area (Å²) < 4.78 is 6.93. The number of aryl methyl sites for hydroxylation is 2. The molecule has 2 aromatic rings. The standard InChI is InChI=1S/C17H24N4O2/c1-10-7-12(14-9-15(18)21(6)20-14)8-13(11(10)2)19-16(22)23-17(3,4)5/h7-9H,18H2,1-6H3,(H,19,22). The number of hydrogen-bond donors (Lipinski definition) is 2. The van der Waals surface area contributed by atoms with E-state index in [1.165, 1.54) is 0 Å². The number of anilines is 2. The van der Waals surface area contributed by atoms with Crippen LogP contribution in [0.3, 0.4) is 0 Å². The third-order valence-corrected chi connectivity index (χ3v) is 3.51. The number of rotatable bonds is 2. The summed E-state index contributed by atoms with van der Waals surface area (Å²) in [6.07, 6.45) is -0.474. The van der Waals surface area contributed by atoms with Crippen LogP contribution in [0.4, 0.5) is 16.3 Å². The van der Waals surface area contributed by atoms with Gasteiger partial charge in [-0.05, 0) is 57.9 Å². The molecule has 3 N–H and O–H groups in total. The van der Waals surface area contributed by atoms with Crippen molar-refractivity contribution in [3.63, 3.8) is 0 Å². The molecule has 1 aromatic carbocycles. The number of hydrogen-bond acceptors (Lipinski definition) is 4. The molecular weight excluding hydrogens is 292 g/mol. The lowest BCUT2D eigenvalue weighted by atomic mass is 10.0. The molecule has 0 aliphatic rings. The Morgan fingerprint density at radius 3 is 2.43 bits per heavy atom. The van der Waals surface area contributed by atoms with E-state index in [4.69, 9.17) is 10.5 Å². The predicted octanol–water partition coefficient (Wildman–Crippen LogP) is 3.63. The summed E-state index contributed by atoms with van der Waals surface area (Å²) in [4.78, 5) is 12.0. The zero-order valence-electron chi connectivity index (χ0n) is 14.5. The van der Waals surface area contributed by atoms with Crippen molar-refractivity contribution in [1.29, 1.82) is 0 Å². The van der Waals surface area contributed by atoms with Crippen molar-refractivity contribution in [3.05, 3.63) is 29.3 Å². The molecule has 0 radical (unpaired) electrons. The number of benzene rings is 1. The quantitative estimate of drug-likeness (QED) is 0.886. The number of aromatic nitrogens is 2. The van der Waals surface area contributed by atoms with Crippen molar-refractivity contribution in [2.75, 3.05) is 11.1 Å². The first kappa shape index (κ1) is 16.9. The van der Waals surface area contributed by atoms with Gasteiger partial charge in [-0.15, -0.1) is 0 Å². The van der Waals surface area contributed by atoms with Crippen molar-refractivity contribution in [3.8, 4) is 11.3 Å². The first-order valence-electron chi connectivity index (χ1n) is 7.48. The SMILES string of the molecule is Cc1cc(-c2cc(N)n(C)n2)cc(NC(=O)OC(C)(C)C)c1C. The number of ether oxygens (including phenoxy) is 1. The number of nitrogens with one attached hydrogen (secondary N) is 1. The summed E-state index contributed by atoms with van der Waals surface area (Å²) in [5, 5.41) is 7.19. The normalized spacial score (nSPS) is 11.4. The highest BCUT2D eigenvalue weighted by molar-refractivity contribution is 5.87. The van der Waals surface area contributed by atoms with Crippen molar-refractivity contribution >= 4 is 17.6 Å². The second kappa shape index (κ2) is 5.95. The van der Waals surface area contributed by atoms with Crippen LogP contribution < -0.4 is 11.1 Å². The third kappa shape index (κ3) is 4.03. The fourth-order valence-corrected chi connectivity index (χ4v) is 2.17. The molecule has 1 amide bonds. The van der Waals surface area contributed by atoms with E-state index < -0.39 is 11.7 Å². The molecule has 0 fully saturated rings. The Kier molecular flexibility index (Phi) is 4.36. The van der Waals surface area contributed by atoms with Gasteiger partial charge in [0.2, 0.25) is 0 Å². The van der Waals surface area contributed by atoms with Crippen LogP contribution in [0.2, 0.25) is 0 Å². The maximum Gasteiger partial charge on any atom is 0.412 e. The van der Waals surface area contributed by atoms with Crippen LogP contribution >= 0.6 is 0 Å². The van der Waals surface area contributed by atoms with Gasteiger partial charge in [0.05, 0.1) is 5.69 Å². The molecule has 23 heavy (non-hydrogen) atoms. The third-order valence-electron chi connectivity index (χ3n) is 3.51. The van der Waals surface area contributed by atoms with Gasteiger partial charge in [-0.2, -0.15) is 5.10 Å². The summed E-state index contributed by atoms with van der Waals surface area (Å²) in [5.74, 6) is 0.583. The Labute approximate surface area is 136 Å². The van der Waals surface area contributed by atoms with E-state index in [0.717, 1.165) is 22.4 Å². The predicted molar refractivity (Wildman–Crippen MR) is 92.4 cm³/mol. The Morgan fingerprint density at radius 2 is 1.91 bits per heavy atom. The minimum atomic E-state index is -0.542. The highest BCUT2D eigenvalue weighted by Crippen LogP contribution is 2.28. The summed E-state index contributed by atoms with van der Waals surface area (Å²) in [7, 11) is 1.79. The van der Waals surface area contributed by atoms with Gasteiger partial charge >= 0.3 is 6.09 Å². The smallest absolute Gasteiger partial charge is 0.412 e. The van der Waals surface area contributed by atoms with Gasteiger partial charge in [-0.3, -0.25) is 10.00 Å². The first-order chi connectivity index (χ1) is 10.6. The monoisotopic (exact) mass is 316 g/mol. The molecular formula is C17H24N4O2. The Hall–Kier alpha value is -2.50. The molecule has 1 heterocycles. The Morgan fingerprint density at radius 1 is 1.26 bits per heavy atom. The molecule has 0 atom stereocenters. The average Bonchev–Trinajstić information content (AvgIpc) is 2.72. The fourth-order valence-electron chi connectivity index (χ4n) is 2.17. The van der Waals surface area contributed by atoms with Crippen LogP contribution in [0.15, 0.2) is 18.2 Å². The van der Waals surface area contributed by atoms with Crippen LogP contribution in [0.25, 0.3) is 11.3 Å². The molecule has 0 aliphatic carbocycles. The first-order valence-corrected chi connectivity index (χ1v) is 7.48. The second-order valence-electron chi connectivity index (χ2n) is 6.67. The number of nitrogens with zero attached hydrogens (tertiary/aromatic N) is 2. The summed E-state index contributed by atoms with van der Waals surface area (Å²) in [6.45, 7) is 9.44. The van der Waals surface area contributed by atoms with Crippen molar-refractivity contribution in [1.82, 2.24) is 9.78 Å². The maximum atomic E-state index is 12.0. The van der Waals surface area contributed by atoms with E-state index in [-0.39, 0.29) is 0 Å². The van der Waals surface area contributed by atoms with E-state index in [1.54, 1.807) is 17.8 Å². The van der Waals surface area contributed by atoms with Gasteiger partial charge in [0.1, 0.15) is 11.4 Å². The maximum absolute atomic E-state index is 12.0. The summed E-state index contributed by atoms with van der Waals surface area (Å²) in [5.41, 5.74) is 9.71. The van der Waals surface area contributed by atoms with Gasteiger partial charge < -0.3 is 10.5 Å². The van der Waals surface area contributed by atoms with E-state index in [1.807, 2.05) is 46.8 Å². The highest BCUT2D eigenvalue weighted by atomic mass is 16.6. The zero-order chi connectivity index (χ0) is 17.4. The molecule has 124 valence electrons. The molecule has 0 unspecified atom stereocenters. The summed E-state index contributed by atoms with van der Waals surface area (Å²) >= 11 is 0. The largest absolute Gasteiger partial charge is 0.444 e. The lowest BCUT2D eigenvalue weighted by Gasteiger charge is -2.20. The van der Waals surface area contributed by atoms with Crippen LogP contribution in [-0.4, -0.2) is 21.5 Å². The average molecular weight is 316 g/mol. The molecule has 1 aromatic heterocycles. The second-order valence-corrected chi connectivity index (χ2v) is 6.67. The van der Waals surface area contributed by atoms with Crippen LogP contribution in [0.1, 0.15) is 31.9 Å². The lowest BCUT2D eigenvalue weighted by Crippen LogP contribution is -2.27. The molecule has 0 spiro atoms. The van der Waals surface area contributed by atoms with Gasteiger partial charge in [0.25, 0.3) is 0 Å². The minimum Gasteiger partial charge on any atom is -0.444 e. The highest BCUT2D eigenvalue weighted by Gasteiger charge is 2.18. The molecule has 2 rings (SSSR count). The number of nitrogens with two attached hydrogens (primary N) is 1. The van der Waals surface area contributed by atoms with Crippen LogP contribution in [-0.2, 0) is 11.8 Å². The van der Waals surface area contributed by atoms with Gasteiger partial charge in [0, 0.05) is 24.4 Å². The Bertz CT molecular complexity index is 722. The molecule has 0 aliphatic heterocycles. The van der Waals surface area contributed by atoms with E-state index in [0.29, 0.717) is 11.5 Å². The minimum absolute atomic E-state index is 0.474. The molecule has 0 saturated carbocycles. The molecule has 6 nitrogen and oxygen atoms in total. The van der Waals surface area contributed by atoms with Crippen LogP contribution in [0, 0.1) is 13.8 Å². The zero-order valence-corrected chi connectivity index (χ0v) is 14.5. The van der Waals surface area contributed by atoms with Crippen molar-refractivity contribution in [2.45, 2.75) is 40.2 Å². The van der Waals surface area contributed by atoms with Crippen molar-refractivity contribution in [2.24, 2.45) is 7.05 Å². The number of nitrogen functional groups attached to an aromatic ring is 1. The van der Waals surface area contributed by atoms with Gasteiger partial charge in [-0.1, -0.05) is 0 Å². The molecule has 0 saturated heterocycles.